The fourth-order valence-electron chi connectivity index (χ4n) is 2.81. The van der Waals surface area contributed by atoms with Gasteiger partial charge in [0.1, 0.15) is 0 Å². The number of ether oxygens (including phenoxy) is 2. The normalized spacial score (nSPS) is 15.4. The fourth-order valence-corrected chi connectivity index (χ4v) is 4.10. The minimum absolute atomic E-state index is 0.248. The molecular formula is C21H20BrNO4S. The molecule has 146 valence electrons. The fraction of sp³-hybridized carbons (Fsp3) is 0.238. The lowest BCUT2D eigenvalue weighted by molar-refractivity contribution is -0.122. The summed E-state index contributed by atoms with van der Waals surface area (Å²) in [4.78, 5) is 26.8. The maximum Gasteiger partial charge on any atom is 0.293 e. The van der Waals surface area contributed by atoms with Crippen LogP contribution in [0, 0.1) is 0 Å². The molecule has 2 aromatic rings. The molecule has 0 bridgehead atoms. The molecule has 1 aliphatic heterocycles. The minimum Gasteiger partial charge on any atom is -0.493 e. The Hall–Kier alpha value is -2.25. The molecule has 0 aromatic heterocycles. The largest absolute Gasteiger partial charge is 0.493 e. The number of rotatable bonds is 7. The monoisotopic (exact) mass is 461 g/mol. The zero-order chi connectivity index (χ0) is 20.1. The number of halogens is 1. The van der Waals surface area contributed by atoms with E-state index < -0.39 is 0 Å². The van der Waals surface area contributed by atoms with Crippen LogP contribution >= 0.6 is 27.7 Å². The summed E-state index contributed by atoms with van der Waals surface area (Å²) in [7, 11) is 1.57. The van der Waals surface area contributed by atoms with Crippen LogP contribution < -0.4 is 9.47 Å². The van der Waals surface area contributed by atoms with Crippen molar-refractivity contribution in [1.29, 1.82) is 0 Å². The quantitative estimate of drug-likeness (QED) is 0.534. The molecule has 3 rings (SSSR count). The highest BCUT2D eigenvalue weighted by atomic mass is 79.9. The molecule has 0 spiro atoms. The Morgan fingerprint density at radius 3 is 2.57 bits per heavy atom. The van der Waals surface area contributed by atoms with E-state index in [1.807, 2.05) is 37.3 Å². The van der Waals surface area contributed by atoms with Gasteiger partial charge in [-0.05, 0) is 54.4 Å². The Morgan fingerprint density at radius 1 is 1.14 bits per heavy atom. The first kappa shape index (κ1) is 20.5. The number of nitrogens with zero attached hydrogens (tertiary/aromatic N) is 1. The van der Waals surface area contributed by atoms with E-state index in [0.717, 1.165) is 27.4 Å². The second kappa shape index (κ2) is 9.30. The van der Waals surface area contributed by atoms with E-state index >= 15 is 0 Å². The highest BCUT2D eigenvalue weighted by Gasteiger charge is 2.34. The Kier molecular flexibility index (Phi) is 6.80. The number of hydrogen-bond donors (Lipinski definition) is 0. The predicted octanol–water partition coefficient (Wildman–Crippen LogP) is 5.14. The summed E-state index contributed by atoms with van der Waals surface area (Å²) in [5.41, 5.74) is 1.84. The molecular weight excluding hydrogens is 442 g/mol. The van der Waals surface area contributed by atoms with Crippen LogP contribution in [0.3, 0.4) is 0 Å². The van der Waals surface area contributed by atoms with E-state index in [9.17, 15) is 9.59 Å². The van der Waals surface area contributed by atoms with Crippen molar-refractivity contribution in [2.75, 3.05) is 20.3 Å². The van der Waals surface area contributed by atoms with Gasteiger partial charge in [0.05, 0.1) is 18.6 Å². The third-order valence-corrected chi connectivity index (χ3v) is 5.80. The number of methoxy groups -OCH3 is 1. The van der Waals surface area contributed by atoms with E-state index in [1.54, 1.807) is 25.3 Å². The van der Waals surface area contributed by atoms with Crippen molar-refractivity contribution in [3.05, 3.63) is 63.0 Å². The lowest BCUT2D eigenvalue weighted by atomic mass is 10.1. The van der Waals surface area contributed by atoms with Crippen LogP contribution in [0.25, 0.3) is 6.08 Å². The molecule has 1 heterocycles. The topological polar surface area (TPSA) is 55.8 Å². The number of benzene rings is 2. The maximum atomic E-state index is 12.7. The van der Waals surface area contributed by atoms with Gasteiger partial charge in [0, 0.05) is 11.0 Å². The molecule has 1 aliphatic rings. The molecule has 0 atom stereocenters. The third-order valence-electron chi connectivity index (χ3n) is 4.21. The van der Waals surface area contributed by atoms with Gasteiger partial charge in [-0.3, -0.25) is 14.5 Å². The maximum absolute atomic E-state index is 12.7. The average Bonchev–Trinajstić information content (AvgIpc) is 2.96. The van der Waals surface area contributed by atoms with Crippen molar-refractivity contribution in [2.45, 2.75) is 13.3 Å². The molecule has 0 N–H and O–H groups in total. The van der Waals surface area contributed by atoms with Crippen LogP contribution in [0.5, 0.6) is 11.5 Å². The molecule has 0 aliphatic carbocycles. The van der Waals surface area contributed by atoms with Gasteiger partial charge >= 0.3 is 0 Å². The zero-order valence-corrected chi connectivity index (χ0v) is 18.0. The molecule has 5 nitrogen and oxygen atoms in total. The first-order valence-corrected chi connectivity index (χ1v) is 10.4. The van der Waals surface area contributed by atoms with Gasteiger partial charge in [-0.1, -0.05) is 46.3 Å². The summed E-state index contributed by atoms with van der Waals surface area (Å²) in [5, 5.41) is -0.248. The summed E-state index contributed by atoms with van der Waals surface area (Å²) < 4.78 is 11.7. The van der Waals surface area contributed by atoms with Gasteiger partial charge in [-0.15, -0.1) is 0 Å². The third kappa shape index (κ3) is 4.59. The Morgan fingerprint density at radius 2 is 1.89 bits per heavy atom. The second-order valence-electron chi connectivity index (χ2n) is 6.03. The average molecular weight is 462 g/mol. The van der Waals surface area contributed by atoms with Crippen molar-refractivity contribution in [2.24, 2.45) is 0 Å². The molecule has 7 heteroatoms. The van der Waals surface area contributed by atoms with Crippen molar-refractivity contribution < 1.29 is 19.1 Å². The summed E-state index contributed by atoms with van der Waals surface area (Å²) in [6, 6.07) is 13.4. The highest BCUT2D eigenvalue weighted by molar-refractivity contribution is 9.10. The number of carbonyl (C=O) groups excluding carboxylic acids is 2. The molecule has 0 unspecified atom stereocenters. The van der Waals surface area contributed by atoms with Gasteiger partial charge in [-0.2, -0.15) is 0 Å². The molecule has 1 saturated heterocycles. The molecule has 2 amide bonds. The van der Waals surface area contributed by atoms with Gasteiger partial charge < -0.3 is 9.47 Å². The van der Waals surface area contributed by atoms with Crippen molar-refractivity contribution in [3.8, 4) is 11.5 Å². The predicted molar refractivity (Wildman–Crippen MR) is 115 cm³/mol. The standard InChI is InChI=1S/C21H20BrNO4S/c1-3-27-18-11-15(16(22)13-17(18)26-2)12-19-20(24)23(21(25)28-19)10-9-14-7-5-4-6-8-14/h4-8,11-13H,3,9-10H2,1-2H3/b19-12-. The first-order chi connectivity index (χ1) is 13.5. The van der Waals surface area contributed by atoms with Gasteiger partial charge in [0.25, 0.3) is 11.1 Å². The Labute approximate surface area is 176 Å². The summed E-state index contributed by atoms with van der Waals surface area (Å²) in [6.07, 6.45) is 2.34. The van der Waals surface area contributed by atoms with Crippen LogP contribution in [0.1, 0.15) is 18.1 Å². The van der Waals surface area contributed by atoms with Crippen LogP contribution in [0.15, 0.2) is 51.8 Å². The summed E-state index contributed by atoms with van der Waals surface area (Å²) in [6.45, 7) is 2.74. The first-order valence-electron chi connectivity index (χ1n) is 8.83. The van der Waals surface area contributed by atoms with Crippen LogP contribution in [0.2, 0.25) is 0 Å². The molecule has 1 fully saturated rings. The minimum atomic E-state index is -0.272. The smallest absolute Gasteiger partial charge is 0.293 e. The molecule has 28 heavy (non-hydrogen) atoms. The zero-order valence-electron chi connectivity index (χ0n) is 15.6. The number of thioether (sulfide) groups is 1. The van der Waals surface area contributed by atoms with E-state index in [0.29, 0.717) is 36.0 Å². The van der Waals surface area contributed by atoms with Crippen LogP contribution in [-0.4, -0.2) is 36.3 Å². The van der Waals surface area contributed by atoms with Crippen molar-refractivity contribution >= 4 is 44.9 Å². The van der Waals surface area contributed by atoms with Crippen molar-refractivity contribution in [3.63, 3.8) is 0 Å². The van der Waals surface area contributed by atoms with Crippen LogP contribution in [0.4, 0.5) is 4.79 Å². The van der Waals surface area contributed by atoms with Crippen molar-refractivity contribution in [1.82, 2.24) is 4.90 Å². The van der Waals surface area contributed by atoms with Crippen LogP contribution in [-0.2, 0) is 11.2 Å². The summed E-state index contributed by atoms with van der Waals surface area (Å²) in [5.74, 6) is 0.913. The summed E-state index contributed by atoms with van der Waals surface area (Å²) >= 11 is 4.45. The molecule has 0 radical (unpaired) electrons. The Balaban J connectivity index is 1.80. The van der Waals surface area contributed by atoms with Gasteiger partial charge in [0.15, 0.2) is 11.5 Å². The lowest BCUT2D eigenvalue weighted by Crippen LogP contribution is -2.30. The lowest BCUT2D eigenvalue weighted by Gasteiger charge is -2.12. The number of carbonyl (C=O) groups is 2. The van der Waals surface area contributed by atoms with E-state index in [4.69, 9.17) is 9.47 Å². The SMILES string of the molecule is CCOc1cc(/C=C2\SC(=O)N(CCc3ccccc3)C2=O)c(Br)cc1OC. The van der Waals surface area contributed by atoms with E-state index in [2.05, 4.69) is 15.9 Å². The number of imide groups is 1. The van der Waals surface area contributed by atoms with Gasteiger partial charge in [0.2, 0.25) is 0 Å². The molecule has 0 saturated carbocycles. The highest BCUT2D eigenvalue weighted by Crippen LogP contribution is 2.38. The number of amides is 2. The van der Waals surface area contributed by atoms with E-state index in [-0.39, 0.29) is 11.1 Å². The Bertz CT molecular complexity index is 914. The van der Waals surface area contributed by atoms with E-state index in [1.165, 1.54) is 4.90 Å². The second-order valence-corrected chi connectivity index (χ2v) is 7.87. The van der Waals surface area contributed by atoms with Gasteiger partial charge in [-0.25, -0.2) is 0 Å². The molecule has 2 aromatic carbocycles. The number of hydrogen-bond acceptors (Lipinski definition) is 5.